The summed E-state index contributed by atoms with van der Waals surface area (Å²) in [4.78, 5) is -0.0261. The summed E-state index contributed by atoms with van der Waals surface area (Å²) in [5, 5.41) is 0.610. The summed E-state index contributed by atoms with van der Waals surface area (Å²) >= 11 is 11.8. The first kappa shape index (κ1) is 16.7. The third-order valence-electron chi connectivity index (χ3n) is 2.84. The molecule has 5 nitrogen and oxygen atoms in total. The van der Waals surface area contributed by atoms with Crippen molar-refractivity contribution in [2.75, 3.05) is 18.9 Å². The number of nitrogens with one attached hydrogen (secondary N) is 1. The number of methoxy groups -OCH3 is 2. The minimum absolute atomic E-state index is 0.0261. The SMILES string of the molecule is COc1ccc(S(=O)(=O)Nc2ccc(Cl)cc2Cl)c(OC)c1. The van der Waals surface area contributed by atoms with Gasteiger partial charge in [0.2, 0.25) is 0 Å². The Morgan fingerprint density at radius 3 is 2.32 bits per heavy atom. The summed E-state index contributed by atoms with van der Waals surface area (Å²) in [5.41, 5.74) is 0.226. The Labute approximate surface area is 138 Å². The molecule has 118 valence electrons. The van der Waals surface area contributed by atoms with Crippen LogP contribution in [0.25, 0.3) is 0 Å². The van der Waals surface area contributed by atoms with E-state index in [0.29, 0.717) is 10.8 Å². The molecular formula is C14H13Cl2NO4S. The van der Waals surface area contributed by atoms with E-state index in [9.17, 15) is 8.42 Å². The zero-order valence-electron chi connectivity index (χ0n) is 11.8. The average molecular weight is 362 g/mol. The lowest BCUT2D eigenvalue weighted by molar-refractivity contribution is 0.386. The van der Waals surface area contributed by atoms with Crippen molar-refractivity contribution in [1.82, 2.24) is 0 Å². The summed E-state index contributed by atoms with van der Waals surface area (Å²) in [7, 11) is -1.02. The number of halogens is 2. The van der Waals surface area contributed by atoms with Gasteiger partial charge >= 0.3 is 0 Å². The van der Waals surface area contributed by atoms with Gasteiger partial charge in [-0.15, -0.1) is 0 Å². The number of sulfonamides is 1. The normalized spacial score (nSPS) is 11.1. The maximum absolute atomic E-state index is 12.5. The van der Waals surface area contributed by atoms with Crippen LogP contribution in [0.3, 0.4) is 0 Å². The van der Waals surface area contributed by atoms with E-state index >= 15 is 0 Å². The van der Waals surface area contributed by atoms with Gasteiger partial charge in [-0.25, -0.2) is 8.42 Å². The molecule has 8 heteroatoms. The predicted molar refractivity (Wildman–Crippen MR) is 86.8 cm³/mol. The highest BCUT2D eigenvalue weighted by atomic mass is 35.5. The van der Waals surface area contributed by atoms with E-state index in [0.717, 1.165) is 0 Å². The molecule has 0 saturated carbocycles. The van der Waals surface area contributed by atoms with Crippen LogP contribution in [0.5, 0.6) is 11.5 Å². The van der Waals surface area contributed by atoms with E-state index in [1.165, 1.54) is 50.6 Å². The summed E-state index contributed by atoms with van der Waals surface area (Å²) in [6.07, 6.45) is 0. The number of hydrogen-bond donors (Lipinski definition) is 1. The minimum Gasteiger partial charge on any atom is -0.497 e. The van der Waals surface area contributed by atoms with Crippen LogP contribution in [-0.4, -0.2) is 22.6 Å². The molecule has 0 aliphatic heterocycles. The molecule has 0 aromatic heterocycles. The monoisotopic (exact) mass is 361 g/mol. The van der Waals surface area contributed by atoms with Crippen molar-refractivity contribution in [1.29, 1.82) is 0 Å². The Kier molecular flexibility index (Phi) is 5.05. The molecule has 0 fully saturated rings. The second kappa shape index (κ2) is 6.64. The highest BCUT2D eigenvalue weighted by Crippen LogP contribution is 2.32. The van der Waals surface area contributed by atoms with Crippen LogP contribution in [0.2, 0.25) is 10.0 Å². The highest BCUT2D eigenvalue weighted by Gasteiger charge is 2.21. The van der Waals surface area contributed by atoms with Gasteiger partial charge in [-0.3, -0.25) is 4.72 Å². The first-order valence-electron chi connectivity index (χ1n) is 6.07. The summed E-state index contributed by atoms with van der Waals surface area (Å²) in [6, 6.07) is 8.88. The summed E-state index contributed by atoms with van der Waals surface area (Å²) < 4.78 is 37.5. The average Bonchev–Trinajstić information content (AvgIpc) is 2.49. The van der Waals surface area contributed by atoms with Gasteiger partial charge in [-0.05, 0) is 30.3 Å². The van der Waals surface area contributed by atoms with E-state index in [-0.39, 0.29) is 21.4 Å². The van der Waals surface area contributed by atoms with Crippen molar-refractivity contribution in [2.24, 2.45) is 0 Å². The Bertz CT molecular complexity index is 793. The van der Waals surface area contributed by atoms with Crippen molar-refractivity contribution < 1.29 is 17.9 Å². The lowest BCUT2D eigenvalue weighted by Crippen LogP contribution is -2.14. The van der Waals surface area contributed by atoms with Gasteiger partial charge < -0.3 is 9.47 Å². The predicted octanol–water partition coefficient (Wildman–Crippen LogP) is 3.81. The van der Waals surface area contributed by atoms with E-state index in [1.54, 1.807) is 0 Å². The molecule has 0 saturated heterocycles. The molecule has 22 heavy (non-hydrogen) atoms. The van der Waals surface area contributed by atoms with Gasteiger partial charge in [0.15, 0.2) is 0 Å². The first-order chi connectivity index (χ1) is 10.4. The van der Waals surface area contributed by atoms with Gasteiger partial charge in [0.25, 0.3) is 10.0 Å². The standard InChI is InChI=1S/C14H13Cl2NO4S/c1-20-10-4-6-14(13(8-10)21-2)22(18,19)17-12-5-3-9(15)7-11(12)16/h3-8,17H,1-2H3. The molecule has 0 radical (unpaired) electrons. The fraction of sp³-hybridized carbons (Fsp3) is 0.143. The Morgan fingerprint density at radius 1 is 1.00 bits per heavy atom. The molecule has 2 aromatic carbocycles. The van der Waals surface area contributed by atoms with E-state index in [1.807, 2.05) is 0 Å². The van der Waals surface area contributed by atoms with E-state index in [4.69, 9.17) is 32.7 Å². The zero-order chi connectivity index (χ0) is 16.3. The highest BCUT2D eigenvalue weighted by molar-refractivity contribution is 7.92. The Balaban J connectivity index is 2.42. The fourth-order valence-corrected chi connectivity index (χ4v) is 3.51. The Hall–Kier alpha value is -1.63. The minimum atomic E-state index is -3.87. The van der Waals surface area contributed by atoms with E-state index in [2.05, 4.69) is 4.72 Å². The second-order valence-electron chi connectivity index (χ2n) is 4.25. The maximum Gasteiger partial charge on any atom is 0.265 e. The molecular weight excluding hydrogens is 349 g/mol. The number of hydrogen-bond acceptors (Lipinski definition) is 4. The van der Waals surface area contributed by atoms with Gasteiger partial charge in [0, 0.05) is 11.1 Å². The van der Waals surface area contributed by atoms with Crippen LogP contribution in [-0.2, 0) is 10.0 Å². The maximum atomic E-state index is 12.5. The topological polar surface area (TPSA) is 64.6 Å². The zero-order valence-corrected chi connectivity index (χ0v) is 14.1. The van der Waals surface area contributed by atoms with Crippen LogP contribution < -0.4 is 14.2 Å². The molecule has 0 spiro atoms. The van der Waals surface area contributed by atoms with Crippen molar-refractivity contribution in [3.05, 3.63) is 46.4 Å². The summed E-state index contributed by atoms with van der Waals surface area (Å²) in [6.45, 7) is 0. The molecule has 0 amide bonds. The number of anilines is 1. The van der Waals surface area contributed by atoms with Crippen molar-refractivity contribution >= 4 is 38.9 Å². The van der Waals surface area contributed by atoms with Crippen molar-refractivity contribution in [3.63, 3.8) is 0 Å². The molecule has 0 bridgehead atoms. The molecule has 2 aromatic rings. The molecule has 0 aliphatic carbocycles. The second-order valence-corrected chi connectivity index (χ2v) is 6.74. The largest absolute Gasteiger partial charge is 0.497 e. The smallest absolute Gasteiger partial charge is 0.265 e. The van der Waals surface area contributed by atoms with Crippen LogP contribution in [0, 0.1) is 0 Å². The van der Waals surface area contributed by atoms with Crippen molar-refractivity contribution in [3.8, 4) is 11.5 Å². The van der Waals surface area contributed by atoms with Gasteiger partial charge in [0.1, 0.15) is 16.4 Å². The molecule has 1 N–H and O–H groups in total. The Morgan fingerprint density at radius 2 is 1.73 bits per heavy atom. The van der Waals surface area contributed by atoms with Crippen LogP contribution in [0.4, 0.5) is 5.69 Å². The number of rotatable bonds is 5. The van der Waals surface area contributed by atoms with Crippen LogP contribution in [0.1, 0.15) is 0 Å². The van der Waals surface area contributed by atoms with Gasteiger partial charge in [0.05, 0.1) is 24.9 Å². The molecule has 0 heterocycles. The quantitative estimate of drug-likeness (QED) is 0.879. The summed E-state index contributed by atoms with van der Waals surface area (Å²) in [5.74, 6) is 0.650. The molecule has 0 atom stereocenters. The van der Waals surface area contributed by atoms with Gasteiger partial charge in [-0.1, -0.05) is 23.2 Å². The third-order valence-corrected chi connectivity index (χ3v) is 4.79. The van der Waals surface area contributed by atoms with Crippen molar-refractivity contribution in [2.45, 2.75) is 4.90 Å². The number of benzene rings is 2. The fourth-order valence-electron chi connectivity index (χ4n) is 1.77. The van der Waals surface area contributed by atoms with Crippen LogP contribution >= 0.6 is 23.2 Å². The molecule has 0 unspecified atom stereocenters. The lowest BCUT2D eigenvalue weighted by atomic mass is 10.3. The lowest BCUT2D eigenvalue weighted by Gasteiger charge is -2.13. The third kappa shape index (κ3) is 3.58. The first-order valence-corrected chi connectivity index (χ1v) is 8.31. The van der Waals surface area contributed by atoms with Crippen LogP contribution in [0.15, 0.2) is 41.3 Å². The molecule has 0 aliphatic rings. The molecule has 2 rings (SSSR count). The van der Waals surface area contributed by atoms with Gasteiger partial charge in [-0.2, -0.15) is 0 Å². The number of ether oxygens (including phenoxy) is 2. The van der Waals surface area contributed by atoms with E-state index < -0.39 is 10.0 Å².